The van der Waals surface area contributed by atoms with Gasteiger partial charge in [0.05, 0.1) is 0 Å². The summed E-state index contributed by atoms with van der Waals surface area (Å²) in [5.41, 5.74) is 1.86. The highest BCUT2D eigenvalue weighted by molar-refractivity contribution is 5.94. The van der Waals surface area contributed by atoms with Gasteiger partial charge in [-0.2, -0.15) is 0 Å². The fraction of sp³-hybridized carbons (Fsp3) is 0.333. The zero-order valence-corrected chi connectivity index (χ0v) is 11.0. The maximum absolute atomic E-state index is 11.7. The Morgan fingerprint density at radius 2 is 2.06 bits per heavy atom. The molecule has 3 heteroatoms. The first-order chi connectivity index (χ1) is 8.74. The van der Waals surface area contributed by atoms with Crippen molar-refractivity contribution in [3.05, 3.63) is 47.5 Å². The molecule has 1 aromatic rings. The summed E-state index contributed by atoms with van der Waals surface area (Å²) < 4.78 is 0. The lowest BCUT2D eigenvalue weighted by Gasteiger charge is -2.04. The number of allylic oxidation sites excluding steroid dienone is 2. The van der Waals surface area contributed by atoms with Crippen molar-refractivity contribution >= 4 is 12.1 Å². The summed E-state index contributed by atoms with van der Waals surface area (Å²) in [7, 11) is 0. The second-order valence-corrected chi connectivity index (χ2v) is 4.06. The summed E-state index contributed by atoms with van der Waals surface area (Å²) in [6.07, 6.45) is 6.46. The molecule has 1 N–H and O–H groups in total. The van der Waals surface area contributed by atoms with Gasteiger partial charge < -0.3 is 5.32 Å². The zero-order valence-electron chi connectivity index (χ0n) is 11.0. The molecule has 0 aliphatic rings. The highest BCUT2D eigenvalue weighted by atomic mass is 16.1. The molecule has 1 rings (SSSR count). The molecule has 0 unspecified atom stereocenters. The van der Waals surface area contributed by atoms with Crippen LogP contribution in [0.15, 0.2) is 41.4 Å². The molecular formula is C15H20N2O. The molecule has 3 nitrogen and oxygen atoms in total. The molecule has 0 fully saturated rings. The second kappa shape index (κ2) is 8.23. The third-order valence-electron chi connectivity index (χ3n) is 2.45. The summed E-state index contributed by atoms with van der Waals surface area (Å²) in [6, 6.07) is 7.57. The van der Waals surface area contributed by atoms with E-state index in [0.29, 0.717) is 12.1 Å². The van der Waals surface area contributed by atoms with E-state index in [9.17, 15) is 4.79 Å². The lowest BCUT2D eigenvalue weighted by Crippen LogP contribution is -2.24. The Morgan fingerprint density at radius 1 is 1.33 bits per heavy atom. The average Bonchev–Trinajstić information content (AvgIpc) is 2.38. The van der Waals surface area contributed by atoms with Gasteiger partial charge in [-0.3, -0.25) is 9.79 Å². The Balaban J connectivity index is 2.23. The first-order valence-electron chi connectivity index (χ1n) is 6.20. The zero-order chi connectivity index (χ0) is 13.2. The van der Waals surface area contributed by atoms with Gasteiger partial charge in [0, 0.05) is 24.9 Å². The molecule has 0 saturated heterocycles. The van der Waals surface area contributed by atoms with Gasteiger partial charge in [0.2, 0.25) is 0 Å². The molecule has 0 aromatic heterocycles. The Kier molecular flexibility index (Phi) is 6.47. The van der Waals surface area contributed by atoms with Crippen molar-refractivity contribution in [1.82, 2.24) is 5.32 Å². The van der Waals surface area contributed by atoms with Gasteiger partial charge in [-0.05, 0) is 38.5 Å². The van der Waals surface area contributed by atoms with E-state index in [-0.39, 0.29) is 5.91 Å². The van der Waals surface area contributed by atoms with Crippen LogP contribution in [0.25, 0.3) is 0 Å². The summed E-state index contributed by atoms with van der Waals surface area (Å²) >= 11 is 0. The van der Waals surface area contributed by atoms with Crippen LogP contribution in [0.2, 0.25) is 0 Å². The Labute approximate surface area is 109 Å². The molecule has 0 atom stereocenters. The van der Waals surface area contributed by atoms with Crippen LogP contribution in [0, 0.1) is 6.92 Å². The van der Waals surface area contributed by atoms with E-state index in [1.807, 2.05) is 50.3 Å². The minimum absolute atomic E-state index is 0.0209. The standard InChI is InChI=1S/C15H20N2O/c1-3-4-10-16-11-5-12-17-15(18)14-8-6-13(2)7-9-14/h3-4,6-10H,5,11-12H2,1-2H3,(H,17,18)/b4-3-,16-10?. The normalized spacial score (nSPS) is 11.2. The SMILES string of the molecule is C/C=C\C=NCCCNC(=O)c1ccc(C)cc1. The van der Waals surface area contributed by atoms with Crippen LogP contribution >= 0.6 is 0 Å². The fourth-order valence-corrected chi connectivity index (χ4v) is 1.40. The molecule has 0 radical (unpaired) electrons. The lowest BCUT2D eigenvalue weighted by molar-refractivity contribution is 0.0953. The topological polar surface area (TPSA) is 41.5 Å². The third-order valence-corrected chi connectivity index (χ3v) is 2.45. The summed E-state index contributed by atoms with van der Waals surface area (Å²) in [5.74, 6) is -0.0209. The van der Waals surface area contributed by atoms with Crippen molar-refractivity contribution in [2.24, 2.45) is 4.99 Å². The van der Waals surface area contributed by atoms with E-state index in [1.165, 1.54) is 0 Å². The number of amides is 1. The molecule has 96 valence electrons. The number of carbonyl (C=O) groups is 1. The minimum atomic E-state index is -0.0209. The Morgan fingerprint density at radius 3 is 2.72 bits per heavy atom. The van der Waals surface area contributed by atoms with Crippen molar-refractivity contribution < 1.29 is 4.79 Å². The van der Waals surface area contributed by atoms with Crippen molar-refractivity contribution in [1.29, 1.82) is 0 Å². The number of aryl methyl sites for hydroxylation is 1. The van der Waals surface area contributed by atoms with Gasteiger partial charge in [0.1, 0.15) is 0 Å². The summed E-state index contributed by atoms with van der Waals surface area (Å²) in [5, 5.41) is 2.88. The highest BCUT2D eigenvalue weighted by Gasteiger charge is 2.02. The van der Waals surface area contributed by atoms with Crippen LogP contribution in [0.5, 0.6) is 0 Å². The molecule has 0 aliphatic carbocycles. The molecule has 18 heavy (non-hydrogen) atoms. The van der Waals surface area contributed by atoms with E-state index in [2.05, 4.69) is 10.3 Å². The third kappa shape index (κ3) is 5.43. The predicted molar refractivity (Wildman–Crippen MR) is 76.3 cm³/mol. The van der Waals surface area contributed by atoms with Gasteiger partial charge in [-0.25, -0.2) is 0 Å². The van der Waals surface area contributed by atoms with E-state index in [4.69, 9.17) is 0 Å². The number of aliphatic imine (C=N–C) groups is 1. The first-order valence-corrected chi connectivity index (χ1v) is 6.20. The predicted octanol–water partition coefficient (Wildman–Crippen LogP) is 2.76. The monoisotopic (exact) mass is 244 g/mol. The van der Waals surface area contributed by atoms with Crippen LogP contribution in [0.1, 0.15) is 29.3 Å². The average molecular weight is 244 g/mol. The largest absolute Gasteiger partial charge is 0.352 e. The number of nitrogens with zero attached hydrogens (tertiary/aromatic N) is 1. The maximum Gasteiger partial charge on any atom is 0.251 e. The number of hydrogen-bond donors (Lipinski definition) is 1. The number of carbonyl (C=O) groups excluding carboxylic acids is 1. The summed E-state index contributed by atoms with van der Waals surface area (Å²) in [4.78, 5) is 15.9. The van der Waals surface area contributed by atoms with Gasteiger partial charge in [0.25, 0.3) is 5.91 Å². The molecular weight excluding hydrogens is 224 g/mol. The van der Waals surface area contributed by atoms with Crippen molar-refractivity contribution in [2.45, 2.75) is 20.3 Å². The number of rotatable bonds is 6. The fourth-order valence-electron chi connectivity index (χ4n) is 1.40. The molecule has 0 bridgehead atoms. The number of benzene rings is 1. The summed E-state index contributed by atoms with van der Waals surface area (Å²) in [6.45, 7) is 5.34. The number of hydrogen-bond acceptors (Lipinski definition) is 2. The van der Waals surface area contributed by atoms with Crippen LogP contribution in [0.4, 0.5) is 0 Å². The molecule has 0 aliphatic heterocycles. The molecule has 1 amide bonds. The Bertz CT molecular complexity index is 419. The smallest absolute Gasteiger partial charge is 0.251 e. The van der Waals surface area contributed by atoms with Gasteiger partial charge in [-0.1, -0.05) is 23.8 Å². The van der Waals surface area contributed by atoms with E-state index in [1.54, 1.807) is 6.21 Å². The Hall–Kier alpha value is -1.90. The quantitative estimate of drug-likeness (QED) is 0.606. The van der Waals surface area contributed by atoms with E-state index >= 15 is 0 Å². The van der Waals surface area contributed by atoms with Gasteiger partial charge in [0.15, 0.2) is 0 Å². The molecule has 1 aromatic carbocycles. The first kappa shape index (κ1) is 14.2. The van der Waals surface area contributed by atoms with Crippen LogP contribution in [0.3, 0.4) is 0 Å². The molecule has 0 saturated carbocycles. The second-order valence-electron chi connectivity index (χ2n) is 4.06. The van der Waals surface area contributed by atoms with E-state index < -0.39 is 0 Å². The van der Waals surface area contributed by atoms with Gasteiger partial charge in [-0.15, -0.1) is 0 Å². The van der Waals surface area contributed by atoms with Crippen LogP contribution < -0.4 is 5.32 Å². The highest BCUT2D eigenvalue weighted by Crippen LogP contribution is 2.02. The lowest BCUT2D eigenvalue weighted by atomic mass is 10.1. The number of nitrogens with one attached hydrogen (secondary N) is 1. The molecule has 0 spiro atoms. The minimum Gasteiger partial charge on any atom is -0.352 e. The van der Waals surface area contributed by atoms with Crippen molar-refractivity contribution in [3.63, 3.8) is 0 Å². The van der Waals surface area contributed by atoms with Gasteiger partial charge >= 0.3 is 0 Å². The van der Waals surface area contributed by atoms with Crippen LogP contribution in [-0.2, 0) is 0 Å². The molecule has 0 heterocycles. The van der Waals surface area contributed by atoms with Crippen LogP contribution in [-0.4, -0.2) is 25.2 Å². The maximum atomic E-state index is 11.7. The van der Waals surface area contributed by atoms with Crippen molar-refractivity contribution in [2.75, 3.05) is 13.1 Å². The van der Waals surface area contributed by atoms with E-state index in [0.717, 1.165) is 18.5 Å². The van der Waals surface area contributed by atoms with Crippen molar-refractivity contribution in [3.8, 4) is 0 Å².